The second kappa shape index (κ2) is 4.83. The van der Waals surface area contributed by atoms with E-state index in [2.05, 4.69) is 42.1 Å². The van der Waals surface area contributed by atoms with Gasteiger partial charge in [0.25, 0.3) is 0 Å². The number of fused-ring (bicyclic) bond motifs is 1. The van der Waals surface area contributed by atoms with Crippen LogP contribution >= 0.6 is 11.8 Å². The van der Waals surface area contributed by atoms with Gasteiger partial charge in [0, 0.05) is 10.5 Å². The molecule has 0 bridgehead atoms. The summed E-state index contributed by atoms with van der Waals surface area (Å²) in [6.07, 6.45) is 8.79. The van der Waals surface area contributed by atoms with Crippen LogP contribution in [0, 0.1) is 5.92 Å². The van der Waals surface area contributed by atoms with Crippen molar-refractivity contribution in [1.29, 1.82) is 0 Å². The van der Waals surface area contributed by atoms with Gasteiger partial charge in [-0.05, 0) is 37.2 Å². The van der Waals surface area contributed by atoms with Crippen LogP contribution in [0.3, 0.4) is 0 Å². The topological polar surface area (TPSA) is 0 Å². The van der Waals surface area contributed by atoms with Crippen molar-refractivity contribution in [3.8, 4) is 0 Å². The lowest BCUT2D eigenvalue weighted by Gasteiger charge is -2.39. The Kier molecular flexibility index (Phi) is 3.23. The van der Waals surface area contributed by atoms with Crippen LogP contribution in [-0.2, 0) is 0 Å². The van der Waals surface area contributed by atoms with Crippen LogP contribution in [0.15, 0.2) is 30.3 Å². The average Bonchev–Trinajstić information content (AvgIpc) is 2.39. The third-order valence-electron chi connectivity index (χ3n) is 4.15. The SMILES string of the molecule is c1ccc([C@H]2CC[C@H]3CCCC[C@@H]3S2)cc1. The lowest BCUT2D eigenvalue weighted by Crippen LogP contribution is -2.27. The van der Waals surface area contributed by atoms with Gasteiger partial charge in [-0.2, -0.15) is 11.8 Å². The van der Waals surface area contributed by atoms with Crippen LogP contribution in [0.1, 0.15) is 49.3 Å². The summed E-state index contributed by atoms with van der Waals surface area (Å²) in [4.78, 5) is 0. The molecule has 0 amide bonds. The molecule has 1 heteroatoms. The molecule has 1 saturated carbocycles. The Morgan fingerprint density at radius 2 is 1.69 bits per heavy atom. The fraction of sp³-hybridized carbons (Fsp3) is 0.600. The molecule has 1 saturated heterocycles. The standard InChI is InChI=1S/C15H20S/c1-2-6-12(7-3-1)15-11-10-13-8-4-5-9-14(13)16-15/h1-3,6-7,13-15H,4-5,8-11H2/t13-,14+,15-/m1/s1. The van der Waals surface area contributed by atoms with Crippen molar-refractivity contribution in [2.45, 2.75) is 49.0 Å². The fourth-order valence-electron chi connectivity index (χ4n) is 3.24. The average molecular weight is 232 g/mol. The predicted molar refractivity (Wildman–Crippen MR) is 71.8 cm³/mol. The number of benzene rings is 1. The highest BCUT2D eigenvalue weighted by Crippen LogP contribution is 2.49. The third-order valence-corrected chi connectivity index (χ3v) is 5.96. The number of hydrogen-bond donors (Lipinski definition) is 0. The van der Waals surface area contributed by atoms with E-state index in [-0.39, 0.29) is 0 Å². The highest BCUT2D eigenvalue weighted by atomic mass is 32.2. The molecule has 86 valence electrons. The molecule has 3 atom stereocenters. The minimum atomic E-state index is 0.778. The van der Waals surface area contributed by atoms with E-state index in [1.165, 1.54) is 38.5 Å². The lowest BCUT2D eigenvalue weighted by atomic mass is 9.84. The smallest absolute Gasteiger partial charge is 0.0300 e. The Hall–Kier alpha value is -0.430. The van der Waals surface area contributed by atoms with E-state index in [1.807, 2.05) is 0 Å². The van der Waals surface area contributed by atoms with Gasteiger partial charge in [0.2, 0.25) is 0 Å². The van der Waals surface area contributed by atoms with Crippen molar-refractivity contribution < 1.29 is 0 Å². The summed E-state index contributed by atoms with van der Waals surface area (Å²) in [5, 5.41) is 1.74. The molecule has 0 nitrogen and oxygen atoms in total. The summed E-state index contributed by atoms with van der Waals surface area (Å²) >= 11 is 2.27. The Balaban J connectivity index is 1.71. The molecule has 16 heavy (non-hydrogen) atoms. The van der Waals surface area contributed by atoms with E-state index in [0.29, 0.717) is 0 Å². The molecule has 1 aliphatic heterocycles. The van der Waals surface area contributed by atoms with Crippen molar-refractivity contribution in [1.82, 2.24) is 0 Å². The maximum absolute atomic E-state index is 2.31. The van der Waals surface area contributed by atoms with E-state index < -0.39 is 0 Å². The number of rotatable bonds is 1. The molecule has 0 spiro atoms. The Morgan fingerprint density at radius 1 is 0.875 bits per heavy atom. The van der Waals surface area contributed by atoms with Crippen molar-refractivity contribution in [3.05, 3.63) is 35.9 Å². The molecule has 0 unspecified atom stereocenters. The van der Waals surface area contributed by atoms with Crippen LogP contribution in [0.5, 0.6) is 0 Å². The van der Waals surface area contributed by atoms with Crippen LogP contribution < -0.4 is 0 Å². The zero-order valence-electron chi connectivity index (χ0n) is 9.77. The first-order valence-corrected chi connectivity index (χ1v) is 7.58. The van der Waals surface area contributed by atoms with E-state index in [0.717, 1.165) is 16.4 Å². The van der Waals surface area contributed by atoms with Crippen molar-refractivity contribution >= 4 is 11.8 Å². The van der Waals surface area contributed by atoms with Gasteiger partial charge in [-0.3, -0.25) is 0 Å². The highest BCUT2D eigenvalue weighted by molar-refractivity contribution is 8.00. The minimum Gasteiger partial charge on any atom is -0.150 e. The van der Waals surface area contributed by atoms with Gasteiger partial charge in [0.1, 0.15) is 0 Å². The predicted octanol–water partition coefficient (Wildman–Crippen LogP) is 4.81. The fourth-order valence-corrected chi connectivity index (χ4v) is 5.05. The molecule has 3 rings (SSSR count). The van der Waals surface area contributed by atoms with Crippen LogP contribution in [0.4, 0.5) is 0 Å². The van der Waals surface area contributed by atoms with Gasteiger partial charge >= 0.3 is 0 Å². The normalized spacial score (nSPS) is 34.4. The Labute approximate surface area is 103 Å². The zero-order chi connectivity index (χ0) is 10.8. The largest absolute Gasteiger partial charge is 0.150 e. The maximum Gasteiger partial charge on any atom is 0.0300 e. The summed E-state index contributed by atoms with van der Waals surface area (Å²) < 4.78 is 0. The molecule has 1 aromatic carbocycles. The van der Waals surface area contributed by atoms with Crippen LogP contribution in [0.2, 0.25) is 0 Å². The molecule has 1 aromatic rings. The summed E-state index contributed by atoms with van der Waals surface area (Å²) in [6, 6.07) is 11.1. The van der Waals surface area contributed by atoms with E-state index in [9.17, 15) is 0 Å². The first kappa shape index (κ1) is 10.7. The number of hydrogen-bond acceptors (Lipinski definition) is 1. The molecular weight excluding hydrogens is 212 g/mol. The maximum atomic E-state index is 2.31. The Morgan fingerprint density at radius 3 is 2.56 bits per heavy atom. The number of thioether (sulfide) groups is 1. The Bertz CT molecular complexity index is 333. The third kappa shape index (κ3) is 2.15. The van der Waals surface area contributed by atoms with Crippen molar-refractivity contribution in [2.75, 3.05) is 0 Å². The van der Waals surface area contributed by atoms with Crippen molar-refractivity contribution in [2.24, 2.45) is 5.92 Å². The molecule has 0 aromatic heterocycles. The quantitative estimate of drug-likeness (QED) is 0.669. The van der Waals surface area contributed by atoms with Gasteiger partial charge in [-0.15, -0.1) is 0 Å². The molecule has 0 N–H and O–H groups in total. The van der Waals surface area contributed by atoms with E-state index in [4.69, 9.17) is 0 Å². The van der Waals surface area contributed by atoms with E-state index >= 15 is 0 Å². The lowest BCUT2D eigenvalue weighted by molar-refractivity contribution is 0.330. The van der Waals surface area contributed by atoms with Crippen LogP contribution in [-0.4, -0.2) is 5.25 Å². The monoisotopic (exact) mass is 232 g/mol. The van der Waals surface area contributed by atoms with Crippen LogP contribution in [0.25, 0.3) is 0 Å². The summed E-state index contributed by atoms with van der Waals surface area (Å²) in [7, 11) is 0. The summed E-state index contributed by atoms with van der Waals surface area (Å²) in [6.45, 7) is 0. The highest BCUT2D eigenvalue weighted by Gasteiger charge is 2.33. The first-order valence-electron chi connectivity index (χ1n) is 6.64. The molecule has 2 aliphatic rings. The zero-order valence-corrected chi connectivity index (χ0v) is 10.6. The van der Waals surface area contributed by atoms with Gasteiger partial charge in [0.05, 0.1) is 0 Å². The molecular formula is C15H20S. The second-order valence-corrected chi connectivity index (χ2v) is 6.64. The van der Waals surface area contributed by atoms with Crippen molar-refractivity contribution in [3.63, 3.8) is 0 Å². The molecule has 2 fully saturated rings. The molecule has 1 aliphatic carbocycles. The van der Waals surface area contributed by atoms with Gasteiger partial charge in [-0.25, -0.2) is 0 Å². The summed E-state index contributed by atoms with van der Waals surface area (Å²) in [5.41, 5.74) is 1.55. The molecule has 0 radical (unpaired) electrons. The van der Waals surface area contributed by atoms with Gasteiger partial charge in [0.15, 0.2) is 0 Å². The van der Waals surface area contributed by atoms with Gasteiger partial charge < -0.3 is 0 Å². The van der Waals surface area contributed by atoms with E-state index in [1.54, 1.807) is 5.56 Å². The second-order valence-electron chi connectivity index (χ2n) is 5.20. The molecule has 1 heterocycles. The minimum absolute atomic E-state index is 0.778. The van der Waals surface area contributed by atoms with Gasteiger partial charge in [-0.1, -0.05) is 43.2 Å². The first-order chi connectivity index (χ1) is 7.93. The summed E-state index contributed by atoms with van der Waals surface area (Å²) in [5.74, 6) is 1.04.